The third kappa shape index (κ3) is 3.61. The van der Waals surface area contributed by atoms with E-state index in [4.69, 9.17) is 0 Å². The maximum Gasteiger partial charge on any atom is 0.115 e. The highest BCUT2D eigenvalue weighted by atomic mass is 16.3. The summed E-state index contributed by atoms with van der Waals surface area (Å²) in [6, 6.07) is 14.5. The first-order valence-corrected chi connectivity index (χ1v) is 7.09. The molecule has 0 bridgehead atoms. The van der Waals surface area contributed by atoms with Crippen LogP contribution >= 0.6 is 0 Å². The maximum absolute atomic E-state index is 9.56. The number of phenols is 1. The maximum atomic E-state index is 9.56. The molecule has 2 heteroatoms. The van der Waals surface area contributed by atoms with Crippen molar-refractivity contribution in [2.45, 2.75) is 39.8 Å². The summed E-state index contributed by atoms with van der Waals surface area (Å²) in [6.45, 7) is 8.55. The van der Waals surface area contributed by atoms with Crippen LogP contribution in [0.1, 0.15) is 48.2 Å². The highest BCUT2D eigenvalue weighted by molar-refractivity contribution is 5.32. The molecule has 0 saturated heterocycles. The van der Waals surface area contributed by atoms with Gasteiger partial charge in [-0.05, 0) is 51.0 Å². The van der Waals surface area contributed by atoms with E-state index in [0.717, 1.165) is 5.56 Å². The summed E-state index contributed by atoms with van der Waals surface area (Å²) in [7, 11) is 0. The summed E-state index contributed by atoms with van der Waals surface area (Å²) in [5.41, 5.74) is 4.98. The molecule has 0 amide bonds. The third-order valence-corrected chi connectivity index (χ3v) is 3.61. The van der Waals surface area contributed by atoms with Crippen LogP contribution in [0, 0.1) is 13.8 Å². The largest absolute Gasteiger partial charge is 0.508 e. The van der Waals surface area contributed by atoms with E-state index in [9.17, 15) is 5.11 Å². The molecule has 0 aliphatic rings. The molecule has 106 valence electrons. The van der Waals surface area contributed by atoms with Gasteiger partial charge in [-0.25, -0.2) is 0 Å². The fraction of sp³-hybridized carbons (Fsp3) is 0.333. The molecule has 2 N–H and O–H groups in total. The predicted molar refractivity (Wildman–Crippen MR) is 84.0 cm³/mol. The van der Waals surface area contributed by atoms with E-state index >= 15 is 0 Å². The molecule has 2 unspecified atom stereocenters. The van der Waals surface area contributed by atoms with Gasteiger partial charge < -0.3 is 10.4 Å². The summed E-state index contributed by atoms with van der Waals surface area (Å²) in [6.07, 6.45) is 0. The van der Waals surface area contributed by atoms with Gasteiger partial charge in [0.25, 0.3) is 0 Å². The van der Waals surface area contributed by atoms with Gasteiger partial charge >= 0.3 is 0 Å². The van der Waals surface area contributed by atoms with Gasteiger partial charge in [-0.2, -0.15) is 0 Å². The molecule has 0 heterocycles. The quantitative estimate of drug-likeness (QED) is 0.861. The van der Waals surface area contributed by atoms with Gasteiger partial charge in [0.1, 0.15) is 5.75 Å². The zero-order valence-corrected chi connectivity index (χ0v) is 12.6. The Morgan fingerprint density at radius 1 is 0.850 bits per heavy atom. The van der Waals surface area contributed by atoms with E-state index < -0.39 is 0 Å². The lowest BCUT2D eigenvalue weighted by Crippen LogP contribution is -2.22. The lowest BCUT2D eigenvalue weighted by Gasteiger charge is -2.21. The summed E-state index contributed by atoms with van der Waals surface area (Å²) in [5.74, 6) is 0.315. The molecule has 2 aromatic rings. The Balaban J connectivity index is 2.12. The molecule has 2 atom stereocenters. The Morgan fingerprint density at radius 3 is 2.05 bits per heavy atom. The van der Waals surface area contributed by atoms with Gasteiger partial charge in [-0.3, -0.25) is 0 Å². The van der Waals surface area contributed by atoms with E-state index in [2.05, 4.69) is 51.2 Å². The summed E-state index contributed by atoms with van der Waals surface area (Å²) >= 11 is 0. The van der Waals surface area contributed by atoms with Gasteiger partial charge in [0.05, 0.1) is 0 Å². The number of nitrogens with one attached hydrogen (secondary N) is 1. The minimum atomic E-state index is 0.193. The number of aryl methyl sites for hydroxylation is 2. The number of benzene rings is 2. The number of phenolic OH excluding ortho intramolecular Hbond substituents is 1. The molecular weight excluding hydrogens is 246 g/mol. The lowest BCUT2D eigenvalue weighted by atomic mass is 10.0. The van der Waals surface area contributed by atoms with Crippen molar-refractivity contribution in [1.29, 1.82) is 0 Å². The second-order valence-corrected chi connectivity index (χ2v) is 5.63. The van der Waals surface area contributed by atoms with E-state index in [1.807, 2.05) is 18.2 Å². The van der Waals surface area contributed by atoms with Crippen molar-refractivity contribution in [1.82, 2.24) is 5.32 Å². The van der Waals surface area contributed by atoms with Crippen LogP contribution in [0.25, 0.3) is 0 Å². The molecule has 0 aromatic heterocycles. The summed E-state index contributed by atoms with van der Waals surface area (Å²) in [4.78, 5) is 0. The Hall–Kier alpha value is -1.80. The first-order valence-electron chi connectivity index (χ1n) is 7.09. The van der Waals surface area contributed by atoms with E-state index in [1.165, 1.54) is 16.7 Å². The van der Waals surface area contributed by atoms with Gasteiger partial charge in [-0.1, -0.05) is 41.5 Å². The highest BCUT2D eigenvalue weighted by Gasteiger charge is 2.12. The SMILES string of the molecule is Cc1cc(C)cc(C(C)NC(C)c2cccc(O)c2)c1. The van der Waals surface area contributed by atoms with Crippen LogP contribution in [-0.4, -0.2) is 5.11 Å². The average Bonchev–Trinajstić information content (AvgIpc) is 2.37. The van der Waals surface area contributed by atoms with Crippen LogP contribution in [0.5, 0.6) is 5.75 Å². The molecule has 0 fully saturated rings. The van der Waals surface area contributed by atoms with Crippen molar-refractivity contribution < 1.29 is 5.11 Å². The molecule has 0 aliphatic carbocycles. The highest BCUT2D eigenvalue weighted by Crippen LogP contribution is 2.23. The van der Waals surface area contributed by atoms with Crippen LogP contribution in [0.2, 0.25) is 0 Å². The van der Waals surface area contributed by atoms with Crippen LogP contribution in [-0.2, 0) is 0 Å². The van der Waals surface area contributed by atoms with Crippen LogP contribution in [0.15, 0.2) is 42.5 Å². The van der Waals surface area contributed by atoms with E-state index in [0.29, 0.717) is 5.75 Å². The monoisotopic (exact) mass is 269 g/mol. The number of hydrogen-bond acceptors (Lipinski definition) is 2. The molecule has 0 saturated carbocycles. The first-order chi connectivity index (χ1) is 9.45. The molecule has 0 radical (unpaired) electrons. The molecular formula is C18H23NO. The Kier molecular flexibility index (Phi) is 4.46. The Bertz CT molecular complexity index is 571. The van der Waals surface area contributed by atoms with Crippen LogP contribution in [0.3, 0.4) is 0 Å². The summed E-state index contributed by atoms with van der Waals surface area (Å²) in [5, 5.41) is 13.1. The number of rotatable bonds is 4. The zero-order valence-electron chi connectivity index (χ0n) is 12.6. The second-order valence-electron chi connectivity index (χ2n) is 5.63. The van der Waals surface area contributed by atoms with Gasteiger partial charge in [0.15, 0.2) is 0 Å². The standard InChI is InChI=1S/C18H23NO/c1-12-8-13(2)10-17(9-12)15(4)19-14(3)16-6-5-7-18(20)11-16/h5-11,14-15,19-20H,1-4H3. The van der Waals surface area contributed by atoms with Gasteiger partial charge in [0, 0.05) is 12.1 Å². The van der Waals surface area contributed by atoms with Crippen molar-refractivity contribution in [3.63, 3.8) is 0 Å². The predicted octanol–water partition coefficient (Wildman–Crippen LogP) is 4.42. The lowest BCUT2D eigenvalue weighted by molar-refractivity contribution is 0.466. The molecule has 2 rings (SSSR count). The smallest absolute Gasteiger partial charge is 0.115 e. The van der Waals surface area contributed by atoms with Crippen LogP contribution < -0.4 is 5.32 Å². The van der Waals surface area contributed by atoms with Crippen molar-refractivity contribution in [2.75, 3.05) is 0 Å². The fourth-order valence-electron chi connectivity index (χ4n) is 2.62. The second kappa shape index (κ2) is 6.10. The molecule has 0 spiro atoms. The average molecular weight is 269 g/mol. The minimum absolute atomic E-state index is 0.193. The zero-order chi connectivity index (χ0) is 14.7. The van der Waals surface area contributed by atoms with Crippen molar-refractivity contribution in [3.05, 3.63) is 64.7 Å². The normalized spacial score (nSPS) is 14.0. The van der Waals surface area contributed by atoms with Gasteiger partial charge in [0.2, 0.25) is 0 Å². The van der Waals surface area contributed by atoms with E-state index in [-0.39, 0.29) is 12.1 Å². The van der Waals surface area contributed by atoms with Crippen LogP contribution in [0.4, 0.5) is 0 Å². The molecule has 0 aliphatic heterocycles. The first kappa shape index (κ1) is 14.6. The van der Waals surface area contributed by atoms with Crippen molar-refractivity contribution >= 4 is 0 Å². The van der Waals surface area contributed by atoms with Crippen molar-refractivity contribution in [2.24, 2.45) is 0 Å². The minimum Gasteiger partial charge on any atom is -0.508 e. The van der Waals surface area contributed by atoms with Crippen molar-refractivity contribution in [3.8, 4) is 5.75 Å². The third-order valence-electron chi connectivity index (χ3n) is 3.61. The Morgan fingerprint density at radius 2 is 1.45 bits per heavy atom. The van der Waals surface area contributed by atoms with E-state index in [1.54, 1.807) is 6.07 Å². The number of aromatic hydroxyl groups is 1. The fourth-order valence-corrected chi connectivity index (χ4v) is 2.62. The molecule has 2 aromatic carbocycles. The number of hydrogen-bond donors (Lipinski definition) is 2. The Labute approximate surface area is 121 Å². The molecule has 2 nitrogen and oxygen atoms in total. The summed E-state index contributed by atoms with van der Waals surface area (Å²) < 4.78 is 0. The van der Waals surface area contributed by atoms with Gasteiger partial charge in [-0.15, -0.1) is 0 Å². The topological polar surface area (TPSA) is 32.3 Å². The molecule has 20 heavy (non-hydrogen) atoms.